The van der Waals surface area contributed by atoms with Gasteiger partial charge in [0.2, 0.25) is 5.78 Å². The first kappa shape index (κ1) is 12.8. The zero-order valence-electron chi connectivity index (χ0n) is 11.9. The van der Waals surface area contributed by atoms with E-state index >= 15 is 0 Å². The van der Waals surface area contributed by atoms with Gasteiger partial charge in [-0.15, -0.1) is 10.2 Å². The van der Waals surface area contributed by atoms with Gasteiger partial charge in [-0.3, -0.25) is 8.80 Å². The van der Waals surface area contributed by atoms with E-state index in [1.165, 1.54) is 0 Å². The van der Waals surface area contributed by atoms with Gasteiger partial charge in [0.05, 0.1) is 11.2 Å². The Hall–Kier alpha value is -2.73. The van der Waals surface area contributed by atoms with Gasteiger partial charge in [-0.05, 0) is 24.3 Å². The van der Waals surface area contributed by atoms with E-state index in [9.17, 15) is 0 Å². The molecule has 6 heteroatoms. The second-order valence-corrected chi connectivity index (χ2v) is 6.26. The maximum atomic E-state index is 4.84. The highest BCUT2D eigenvalue weighted by molar-refractivity contribution is 9.10. The van der Waals surface area contributed by atoms with Crippen LogP contribution in [0.3, 0.4) is 0 Å². The molecular weight excluding hydrogens is 354 g/mol. The van der Waals surface area contributed by atoms with Crippen LogP contribution in [0.25, 0.3) is 33.6 Å². The Labute approximate surface area is 139 Å². The van der Waals surface area contributed by atoms with Crippen molar-refractivity contribution in [2.24, 2.45) is 0 Å². The summed E-state index contributed by atoms with van der Waals surface area (Å²) in [6.07, 6.45) is 3.74. The number of aromatic nitrogens is 5. The lowest BCUT2D eigenvalue weighted by molar-refractivity contribution is 1.07. The third-order valence-electron chi connectivity index (χ3n) is 4.00. The molecule has 110 valence electrons. The fraction of sp³-hybridized carbons (Fsp3) is 0. The Balaban J connectivity index is 1.92. The predicted octanol–water partition coefficient (Wildman–Crippen LogP) is 3.96. The normalized spacial score (nSPS) is 11.7. The number of benzene rings is 2. The smallest absolute Gasteiger partial charge is 0.241 e. The Bertz CT molecular complexity index is 1170. The fourth-order valence-corrected chi connectivity index (χ4v) is 3.18. The summed E-state index contributed by atoms with van der Waals surface area (Å²) in [6, 6.07) is 16.3. The van der Waals surface area contributed by atoms with E-state index in [2.05, 4.69) is 50.4 Å². The zero-order chi connectivity index (χ0) is 15.4. The summed E-state index contributed by atoms with van der Waals surface area (Å²) >= 11 is 3.47. The van der Waals surface area contributed by atoms with Crippen LogP contribution in [0, 0.1) is 0 Å². The van der Waals surface area contributed by atoms with Crippen LogP contribution in [0.5, 0.6) is 0 Å². The number of fused-ring (bicyclic) bond motifs is 6. The van der Waals surface area contributed by atoms with Gasteiger partial charge >= 0.3 is 0 Å². The summed E-state index contributed by atoms with van der Waals surface area (Å²) in [4.78, 5) is 4.84. The molecule has 0 bridgehead atoms. The van der Waals surface area contributed by atoms with Gasteiger partial charge in [-0.2, -0.15) is 0 Å². The van der Waals surface area contributed by atoms with Crippen LogP contribution in [0.1, 0.15) is 0 Å². The van der Waals surface area contributed by atoms with Crippen molar-refractivity contribution < 1.29 is 0 Å². The van der Waals surface area contributed by atoms with Gasteiger partial charge in [0.25, 0.3) is 0 Å². The molecule has 0 spiro atoms. The van der Waals surface area contributed by atoms with Crippen LogP contribution < -0.4 is 0 Å². The van der Waals surface area contributed by atoms with E-state index in [-0.39, 0.29) is 0 Å². The maximum absolute atomic E-state index is 4.84. The fourth-order valence-electron chi connectivity index (χ4n) is 2.92. The van der Waals surface area contributed by atoms with E-state index in [0.717, 1.165) is 38.1 Å². The standard InChI is InChI=1S/C17H10BrN5/c18-12-7-5-11(6-8-12)14-9-22-16(20-14)13-3-1-2-4-15(13)23-10-19-21-17(22)23/h1-10H. The minimum atomic E-state index is 0.759. The zero-order valence-corrected chi connectivity index (χ0v) is 13.5. The molecular formula is C17H10BrN5. The monoisotopic (exact) mass is 363 g/mol. The van der Waals surface area contributed by atoms with Gasteiger partial charge in [-0.1, -0.05) is 40.2 Å². The molecule has 5 rings (SSSR count). The lowest BCUT2D eigenvalue weighted by Crippen LogP contribution is -1.96. The molecule has 5 aromatic rings. The number of nitrogens with zero attached hydrogens (tertiary/aromatic N) is 5. The maximum Gasteiger partial charge on any atom is 0.241 e. The van der Waals surface area contributed by atoms with Gasteiger partial charge in [0.1, 0.15) is 12.0 Å². The minimum absolute atomic E-state index is 0.759. The van der Waals surface area contributed by atoms with Crippen molar-refractivity contribution in [3.8, 4) is 11.3 Å². The van der Waals surface area contributed by atoms with Crippen molar-refractivity contribution in [3.05, 3.63) is 65.5 Å². The lowest BCUT2D eigenvalue weighted by Gasteiger charge is -2.03. The van der Waals surface area contributed by atoms with E-state index < -0.39 is 0 Å². The summed E-state index contributed by atoms with van der Waals surface area (Å²) in [5.74, 6) is 0.759. The molecule has 0 unspecified atom stereocenters. The number of para-hydroxylation sites is 1. The summed E-state index contributed by atoms with van der Waals surface area (Å²) in [6.45, 7) is 0. The molecule has 0 aliphatic rings. The molecule has 0 aliphatic carbocycles. The first-order valence-electron chi connectivity index (χ1n) is 7.17. The number of hydrogen-bond donors (Lipinski definition) is 0. The average Bonchev–Trinajstić information content (AvgIpc) is 3.22. The molecule has 3 aromatic heterocycles. The summed E-state index contributed by atoms with van der Waals surface area (Å²) < 4.78 is 5.03. The predicted molar refractivity (Wildman–Crippen MR) is 92.4 cm³/mol. The van der Waals surface area contributed by atoms with Crippen LogP contribution in [0.15, 0.2) is 65.5 Å². The quantitative estimate of drug-likeness (QED) is 0.452. The van der Waals surface area contributed by atoms with Crippen LogP contribution in [-0.4, -0.2) is 24.0 Å². The van der Waals surface area contributed by atoms with Crippen LogP contribution >= 0.6 is 15.9 Å². The molecule has 0 fully saturated rings. The summed E-state index contributed by atoms with van der Waals surface area (Å²) in [7, 11) is 0. The van der Waals surface area contributed by atoms with Gasteiger partial charge < -0.3 is 0 Å². The van der Waals surface area contributed by atoms with Crippen molar-refractivity contribution in [3.63, 3.8) is 0 Å². The number of halogens is 1. The Morgan fingerprint density at radius 3 is 2.61 bits per heavy atom. The summed E-state index contributed by atoms with van der Waals surface area (Å²) in [5.41, 5.74) is 3.92. The van der Waals surface area contributed by atoms with Crippen molar-refractivity contribution >= 4 is 38.3 Å². The van der Waals surface area contributed by atoms with Crippen LogP contribution in [0.2, 0.25) is 0 Å². The Kier molecular flexibility index (Phi) is 2.57. The second kappa shape index (κ2) is 4.63. The molecule has 0 radical (unpaired) electrons. The molecule has 0 saturated heterocycles. The molecule has 0 N–H and O–H groups in total. The molecule has 0 amide bonds. The first-order chi connectivity index (χ1) is 11.3. The van der Waals surface area contributed by atoms with E-state index in [1.54, 1.807) is 6.33 Å². The van der Waals surface area contributed by atoms with Crippen molar-refractivity contribution in [2.45, 2.75) is 0 Å². The largest absolute Gasteiger partial charge is 0.267 e. The van der Waals surface area contributed by atoms with Gasteiger partial charge in [0.15, 0.2) is 0 Å². The number of imidazole rings is 1. The third kappa shape index (κ3) is 1.82. The van der Waals surface area contributed by atoms with Crippen LogP contribution in [0.4, 0.5) is 0 Å². The van der Waals surface area contributed by atoms with E-state index in [0.29, 0.717) is 0 Å². The summed E-state index contributed by atoms with van der Waals surface area (Å²) in [5, 5.41) is 9.37. The SMILES string of the molecule is Brc1ccc(-c2cn3c(n2)c2ccccc2n2cnnc23)cc1. The number of hydrogen-bond acceptors (Lipinski definition) is 3. The average molecular weight is 364 g/mol. The van der Waals surface area contributed by atoms with E-state index in [1.807, 2.05) is 39.3 Å². The second-order valence-electron chi connectivity index (χ2n) is 5.34. The molecule has 3 heterocycles. The third-order valence-corrected chi connectivity index (χ3v) is 4.52. The molecule has 0 atom stereocenters. The molecule has 2 aromatic carbocycles. The molecule has 0 saturated carbocycles. The van der Waals surface area contributed by atoms with Crippen LogP contribution in [-0.2, 0) is 0 Å². The minimum Gasteiger partial charge on any atom is -0.267 e. The highest BCUT2D eigenvalue weighted by atomic mass is 79.9. The van der Waals surface area contributed by atoms with Crippen molar-refractivity contribution in [1.29, 1.82) is 0 Å². The highest BCUT2D eigenvalue weighted by Crippen LogP contribution is 2.26. The van der Waals surface area contributed by atoms with Crippen molar-refractivity contribution in [1.82, 2.24) is 24.0 Å². The Morgan fingerprint density at radius 2 is 1.74 bits per heavy atom. The van der Waals surface area contributed by atoms with Gasteiger partial charge in [0, 0.05) is 21.6 Å². The highest BCUT2D eigenvalue weighted by Gasteiger charge is 2.13. The van der Waals surface area contributed by atoms with Gasteiger partial charge in [-0.25, -0.2) is 4.98 Å². The first-order valence-corrected chi connectivity index (χ1v) is 7.96. The topological polar surface area (TPSA) is 47.5 Å². The number of rotatable bonds is 1. The molecule has 0 aliphatic heterocycles. The molecule has 5 nitrogen and oxygen atoms in total. The molecule has 23 heavy (non-hydrogen) atoms. The van der Waals surface area contributed by atoms with E-state index in [4.69, 9.17) is 4.98 Å². The lowest BCUT2D eigenvalue weighted by atomic mass is 10.2. The Morgan fingerprint density at radius 1 is 0.913 bits per heavy atom. The van der Waals surface area contributed by atoms with Crippen molar-refractivity contribution in [2.75, 3.05) is 0 Å².